The fraction of sp³-hybridized carbons (Fsp3) is 0.100. The van der Waals surface area contributed by atoms with Crippen LogP contribution < -0.4 is 0 Å². The quantitative estimate of drug-likeness (QED) is 0.620. The third-order valence-electron chi connectivity index (χ3n) is 2.02. The molecule has 0 radical (unpaired) electrons. The van der Waals surface area contributed by atoms with Gasteiger partial charge in [-0.25, -0.2) is 0 Å². The molecule has 0 atom stereocenters. The van der Waals surface area contributed by atoms with Crippen molar-refractivity contribution in [3.05, 3.63) is 42.1 Å². The maximum absolute atomic E-state index is 10.8. The van der Waals surface area contributed by atoms with Gasteiger partial charge in [-0.3, -0.25) is 9.55 Å². The third kappa shape index (κ3) is 5.52. The molecule has 2 aromatic rings. The number of hydrogen-bond donors (Lipinski definition) is 2. The second kappa shape index (κ2) is 7.39. The average molecular weight is 271 g/mol. The first-order valence-corrected chi connectivity index (χ1v) is 6.24. The van der Waals surface area contributed by atoms with Crippen LogP contribution in [-0.2, 0) is 10.7 Å². The van der Waals surface area contributed by atoms with Crippen molar-refractivity contribution in [1.29, 1.82) is 0 Å². The van der Waals surface area contributed by atoms with Crippen LogP contribution in [0.15, 0.2) is 36.4 Å². The van der Waals surface area contributed by atoms with Crippen LogP contribution in [0.2, 0.25) is 0 Å². The topological polar surface area (TPSA) is 70.4 Å². The van der Waals surface area contributed by atoms with Gasteiger partial charge in [-0.15, -0.1) is 0 Å². The Kier molecular flexibility index (Phi) is 7.73. The zero-order chi connectivity index (χ0) is 10.9. The summed E-state index contributed by atoms with van der Waals surface area (Å²) < 4.78 is 10.8. The zero-order valence-corrected chi connectivity index (χ0v) is 8.76. The molecule has 17 heavy (non-hydrogen) atoms. The van der Waals surface area contributed by atoms with Crippen molar-refractivity contribution in [3.63, 3.8) is 0 Å². The van der Waals surface area contributed by atoms with E-state index in [0.717, 1.165) is 10.9 Å². The monoisotopic (exact) mass is 271 g/mol. The van der Waals surface area contributed by atoms with E-state index in [2.05, 4.69) is 4.98 Å². The normalized spacial score (nSPS) is 10.5. The average Bonchev–Trinajstić information content (AvgIpc) is 2.15. The molecular formula is C10H12NNa2O3P. The Bertz CT molecular complexity index is 544. The van der Waals surface area contributed by atoms with Crippen LogP contribution >= 0.6 is 7.60 Å². The molecule has 0 amide bonds. The van der Waals surface area contributed by atoms with Crippen molar-refractivity contribution in [1.82, 2.24) is 4.98 Å². The number of nitrogens with zero attached hydrogens (tertiary/aromatic N) is 1. The van der Waals surface area contributed by atoms with Gasteiger partial charge in [-0.1, -0.05) is 24.3 Å². The standard InChI is InChI=1S/C10H10NO3P.2Na.2H/c12-15(13,14)7-9-6-5-8-3-1-2-4-10(8)11-9;;;;/h1-6H,7H2,(H2,12,13,14);;;;. The van der Waals surface area contributed by atoms with Crippen molar-refractivity contribution >= 4 is 77.6 Å². The minimum atomic E-state index is -4.03. The molecule has 0 aliphatic carbocycles. The van der Waals surface area contributed by atoms with E-state index in [1.165, 1.54) is 0 Å². The van der Waals surface area contributed by atoms with Crippen molar-refractivity contribution in [3.8, 4) is 0 Å². The Hall–Kier alpha value is 0.780. The van der Waals surface area contributed by atoms with E-state index in [0.29, 0.717) is 5.69 Å². The number of para-hydroxylation sites is 1. The molecule has 0 saturated carbocycles. The van der Waals surface area contributed by atoms with E-state index in [4.69, 9.17) is 9.79 Å². The number of pyridine rings is 1. The second-order valence-corrected chi connectivity index (χ2v) is 4.96. The summed E-state index contributed by atoms with van der Waals surface area (Å²) in [7, 11) is -4.03. The Labute approximate surface area is 144 Å². The number of hydrogen-bond acceptors (Lipinski definition) is 2. The van der Waals surface area contributed by atoms with Crippen molar-refractivity contribution in [2.24, 2.45) is 0 Å². The molecule has 0 saturated heterocycles. The Balaban J connectivity index is 0.00000128. The van der Waals surface area contributed by atoms with Crippen LogP contribution in [0, 0.1) is 0 Å². The fourth-order valence-electron chi connectivity index (χ4n) is 1.41. The van der Waals surface area contributed by atoms with Crippen molar-refractivity contribution in [2.45, 2.75) is 6.16 Å². The summed E-state index contributed by atoms with van der Waals surface area (Å²) in [6.07, 6.45) is -0.308. The molecule has 0 spiro atoms. The summed E-state index contributed by atoms with van der Waals surface area (Å²) in [6.45, 7) is 0. The van der Waals surface area contributed by atoms with Crippen LogP contribution in [0.4, 0.5) is 0 Å². The predicted molar refractivity (Wildman–Crippen MR) is 71.8 cm³/mol. The van der Waals surface area contributed by atoms with Crippen molar-refractivity contribution < 1.29 is 14.4 Å². The molecule has 0 aliphatic rings. The summed E-state index contributed by atoms with van der Waals surface area (Å²) in [5, 5.41) is 0.965. The van der Waals surface area contributed by atoms with Gasteiger partial charge < -0.3 is 9.79 Å². The maximum atomic E-state index is 10.8. The molecule has 0 bridgehead atoms. The first-order chi connectivity index (χ1) is 7.04. The van der Waals surface area contributed by atoms with Gasteiger partial charge in [0, 0.05) is 5.39 Å². The summed E-state index contributed by atoms with van der Waals surface area (Å²) >= 11 is 0. The molecule has 2 N–H and O–H groups in total. The molecule has 82 valence electrons. The first kappa shape index (κ1) is 17.8. The van der Waals surface area contributed by atoms with Gasteiger partial charge in [-0.05, 0) is 12.1 Å². The van der Waals surface area contributed by atoms with Gasteiger partial charge in [0.2, 0.25) is 0 Å². The number of aromatic nitrogens is 1. The van der Waals surface area contributed by atoms with E-state index in [9.17, 15) is 4.57 Å². The molecule has 7 heteroatoms. The number of fused-ring (bicyclic) bond motifs is 1. The molecule has 4 nitrogen and oxygen atoms in total. The second-order valence-electron chi connectivity index (χ2n) is 3.32. The molecule has 0 fully saturated rings. The molecule has 1 aromatic carbocycles. The van der Waals surface area contributed by atoms with Gasteiger partial charge in [-0.2, -0.15) is 0 Å². The van der Waals surface area contributed by atoms with Gasteiger partial charge in [0.1, 0.15) is 0 Å². The van der Waals surface area contributed by atoms with Crippen LogP contribution in [0.25, 0.3) is 10.9 Å². The summed E-state index contributed by atoms with van der Waals surface area (Å²) in [5.41, 5.74) is 1.17. The van der Waals surface area contributed by atoms with Crippen LogP contribution in [-0.4, -0.2) is 73.9 Å². The van der Waals surface area contributed by atoms with Crippen LogP contribution in [0.3, 0.4) is 0 Å². The van der Waals surface area contributed by atoms with Crippen LogP contribution in [0.5, 0.6) is 0 Å². The van der Waals surface area contributed by atoms with E-state index in [1.807, 2.05) is 30.3 Å². The van der Waals surface area contributed by atoms with Gasteiger partial charge in [0.05, 0.1) is 17.4 Å². The van der Waals surface area contributed by atoms with E-state index in [1.54, 1.807) is 6.07 Å². The van der Waals surface area contributed by atoms with Gasteiger partial charge >= 0.3 is 66.7 Å². The molecule has 2 rings (SSSR count). The Morgan fingerprint density at radius 3 is 2.35 bits per heavy atom. The molecular weight excluding hydrogens is 259 g/mol. The van der Waals surface area contributed by atoms with E-state index >= 15 is 0 Å². The number of benzene rings is 1. The van der Waals surface area contributed by atoms with Crippen LogP contribution in [0.1, 0.15) is 5.69 Å². The SMILES string of the molecule is O=P(O)(O)Cc1ccc2ccccc2n1.[NaH].[NaH]. The summed E-state index contributed by atoms with van der Waals surface area (Å²) in [4.78, 5) is 21.8. The molecule has 1 heterocycles. The fourth-order valence-corrected chi connectivity index (χ4v) is 2.01. The molecule has 1 aromatic heterocycles. The van der Waals surface area contributed by atoms with Gasteiger partial charge in [0.15, 0.2) is 0 Å². The Morgan fingerprint density at radius 1 is 1.06 bits per heavy atom. The van der Waals surface area contributed by atoms with E-state index in [-0.39, 0.29) is 65.3 Å². The minimum absolute atomic E-state index is 0. The third-order valence-corrected chi connectivity index (χ3v) is 2.76. The zero-order valence-electron chi connectivity index (χ0n) is 7.87. The van der Waals surface area contributed by atoms with E-state index < -0.39 is 7.60 Å². The predicted octanol–water partition coefficient (Wildman–Crippen LogP) is 0.615. The summed E-state index contributed by atoms with van der Waals surface area (Å²) in [5.74, 6) is 0. The summed E-state index contributed by atoms with van der Waals surface area (Å²) in [6, 6.07) is 10.9. The first-order valence-electron chi connectivity index (χ1n) is 4.44. The van der Waals surface area contributed by atoms with Crippen molar-refractivity contribution in [2.75, 3.05) is 0 Å². The molecule has 0 aliphatic heterocycles. The Morgan fingerprint density at radius 2 is 1.71 bits per heavy atom. The number of rotatable bonds is 2. The molecule has 0 unspecified atom stereocenters. The van der Waals surface area contributed by atoms with Gasteiger partial charge in [0.25, 0.3) is 0 Å².